The molecule has 8 nitrogen and oxygen atoms in total. The maximum absolute atomic E-state index is 10.5. The minimum atomic E-state index is 0.441. The van der Waals surface area contributed by atoms with Gasteiger partial charge in [-0.3, -0.25) is 4.79 Å². The SMILES string of the molecule is Nc1cc(C2CC2)cn2cc(CNc3cc(NC=O)ncn3)nc12. The molecular formula is C16H17N7O. The highest BCUT2D eigenvalue weighted by molar-refractivity contribution is 5.70. The summed E-state index contributed by atoms with van der Waals surface area (Å²) in [4.78, 5) is 23.1. The number of nitrogen functional groups attached to an aromatic ring is 1. The summed E-state index contributed by atoms with van der Waals surface area (Å²) in [6, 6.07) is 3.68. The smallest absolute Gasteiger partial charge is 0.212 e. The van der Waals surface area contributed by atoms with Crippen molar-refractivity contribution in [2.24, 2.45) is 0 Å². The van der Waals surface area contributed by atoms with Crippen LogP contribution in [0.15, 0.2) is 30.9 Å². The van der Waals surface area contributed by atoms with E-state index in [1.54, 1.807) is 6.07 Å². The van der Waals surface area contributed by atoms with E-state index in [1.807, 2.05) is 16.7 Å². The Morgan fingerprint density at radius 3 is 2.88 bits per heavy atom. The van der Waals surface area contributed by atoms with Gasteiger partial charge in [0.15, 0.2) is 5.65 Å². The molecule has 0 bridgehead atoms. The van der Waals surface area contributed by atoms with E-state index in [4.69, 9.17) is 5.73 Å². The zero-order valence-corrected chi connectivity index (χ0v) is 12.9. The van der Waals surface area contributed by atoms with Crippen molar-refractivity contribution in [3.05, 3.63) is 42.1 Å². The molecule has 24 heavy (non-hydrogen) atoms. The fourth-order valence-corrected chi connectivity index (χ4v) is 2.70. The normalized spacial score (nSPS) is 13.8. The molecule has 0 spiro atoms. The zero-order valence-electron chi connectivity index (χ0n) is 12.9. The predicted octanol–water partition coefficient (Wildman–Crippen LogP) is 1.76. The maximum atomic E-state index is 10.5. The van der Waals surface area contributed by atoms with Gasteiger partial charge in [0.2, 0.25) is 6.41 Å². The first kappa shape index (κ1) is 14.4. The van der Waals surface area contributed by atoms with E-state index in [9.17, 15) is 4.79 Å². The van der Waals surface area contributed by atoms with Gasteiger partial charge < -0.3 is 20.8 Å². The van der Waals surface area contributed by atoms with Gasteiger partial charge in [0, 0.05) is 18.5 Å². The number of aromatic nitrogens is 4. The lowest BCUT2D eigenvalue weighted by atomic mass is 10.2. The van der Waals surface area contributed by atoms with Crippen LogP contribution in [-0.4, -0.2) is 25.8 Å². The third kappa shape index (κ3) is 2.85. The van der Waals surface area contributed by atoms with Gasteiger partial charge in [-0.15, -0.1) is 0 Å². The first-order valence-corrected chi connectivity index (χ1v) is 7.76. The van der Waals surface area contributed by atoms with Gasteiger partial charge in [-0.1, -0.05) is 0 Å². The number of fused-ring (bicyclic) bond motifs is 1. The highest BCUT2D eigenvalue weighted by Crippen LogP contribution is 2.40. The summed E-state index contributed by atoms with van der Waals surface area (Å²) in [6.07, 6.45) is 8.51. The van der Waals surface area contributed by atoms with Crippen LogP contribution in [-0.2, 0) is 11.3 Å². The monoisotopic (exact) mass is 323 g/mol. The molecule has 1 aliphatic rings. The summed E-state index contributed by atoms with van der Waals surface area (Å²) in [5.74, 6) is 1.69. The minimum absolute atomic E-state index is 0.441. The molecule has 4 N–H and O–H groups in total. The zero-order chi connectivity index (χ0) is 16.5. The molecule has 4 rings (SSSR count). The van der Waals surface area contributed by atoms with Gasteiger partial charge >= 0.3 is 0 Å². The van der Waals surface area contributed by atoms with Crippen molar-refractivity contribution in [2.45, 2.75) is 25.3 Å². The van der Waals surface area contributed by atoms with Gasteiger partial charge in [-0.2, -0.15) is 0 Å². The number of anilines is 3. The van der Waals surface area contributed by atoms with Crippen LogP contribution in [0.2, 0.25) is 0 Å². The minimum Gasteiger partial charge on any atom is -0.396 e. The van der Waals surface area contributed by atoms with Gasteiger partial charge in [0.25, 0.3) is 0 Å². The number of rotatable bonds is 6. The van der Waals surface area contributed by atoms with Crippen LogP contribution >= 0.6 is 0 Å². The van der Waals surface area contributed by atoms with Crippen LogP contribution in [0.3, 0.4) is 0 Å². The Balaban J connectivity index is 1.53. The van der Waals surface area contributed by atoms with Gasteiger partial charge in [-0.25, -0.2) is 15.0 Å². The fraction of sp³-hybridized carbons (Fsp3) is 0.250. The Morgan fingerprint density at radius 1 is 1.25 bits per heavy atom. The topological polar surface area (TPSA) is 110 Å². The highest BCUT2D eigenvalue weighted by Gasteiger charge is 2.24. The standard InChI is InChI=1S/C16H17N7O/c17-13-3-11(10-1-2-10)6-23-7-12(22-16(13)23)5-18-14-4-15(21-9-24)20-8-19-14/h3-4,6-10H,1-2,5,17H2,(H2,18,19,20,21,24). The van der Waals surface area contributed by atoms with Crippen molar-refractivity contribution in [2.75, 3.05) is 16.4 Å². The number of carbonyl (C=O) groups is 1. The van der Waals surface area contributed by atoms with Crippen molar-refractivity contribution in [1.82, 2.24) is 19.4 Å². The summed E-state index contributed by atoms with van der Waals surface area (Å²) in [7, 11) is 0. The summed E-state index contributed by atoms with van der Waals surface area (Å²) in [6.45, 7) is 0.497. The summed E-state index contributed by atoms with van der Waals surface area (Å²) < 4.78 is 1.99. The third-order valence-corrected chi connectivity index (χ3v) is 4.02. The molecule has 3 heterocycles. The fourth-order valence-electron chi connectivity index (χ4n) is 2.70. The molecule has 0 saturated heterocycles. The van der Waals surface area contributed by atoms with Gasteiger partial charge in [0.05, 0.1) is 17.9 Å². The average Bonchev–Trinajstić information content (AvgIpc) is 3.34. The lowest BCUT2D eigenvalue weighted by Crippen LogP contribution is -2.04. The number of nitrogens with one attached hydrogen (secondary N) is 2. The number of hydrogen-bond acceptors (Lipinski definition) is 6. The van der Waals surface area contributed by atoms with Gasteiger partial charge in [-0.05, 0) is 30.4 Å². The molecule has 1 amide bonds. The van der Waals surface area contributed by atoms with Crippen LogP contribution in [0.4, 0.5) is 17.3 Å². The first-order chi connectivity index (χ1) is 11.7. The Bertz CT molecular complexity index is 901. The largest absolute Gasteiger partial charge is 0.396 e. The Morgan fingerprint density at radius 2 is 2.08 bits per heavy atom. The number of imidazole rings is 1. The molecule has 3 aromatic rings. The third-order valence-electron chi connectivity index (χ3n) is 4.02. The molecule has 0 radical (unpaired) electrons. The maximum Gasteiger partial charge on any atom is 0.212 e. The molecule has 122 valence electrons. The van der Waals surface area contributed by atoms with Crippen LogP contribution in [0, 0.1) is 0 Å². The Kier molecular flexibility index (Phi) is 3.49. The lowest BCUT2D eigenvalue weighted by molar-refractivity contribution is -0.105. The number of nitrogens with zero attached hydrogens (tertiary/aromatic N) is 4. The molecule has 0 unspecified atom stereocenters. The quantitative estimate of drug-likeness (QED) is 0.596. The number of carbonyl (C=O) groups excluding carboxylic acids is 1. The molecule has 1 saturated carbocycles. The number of hydrogen-bond donors (Lipinski definition) is 3. The van der Waals surface area contributed by atoms with Crippen molar-refractivity contribution < 1.29 is 4.79 Å². The van der Waals surface area contributed by atoms with Crippen LogP contribution in [0.1, 0.15) is 30.0 Å². The lowest BCUT2D eigenvalue weighted by Gasteiger charge is -2.04. The summed E-state index contributed by atoms with van der Waals surface area (Å²) in [5, 5.41) is 5.66. The molecule has 3 aromatic heterocycles. The second kappa shape index (κ2) is 5.80. The predicted molar refractivity (Wildman–Crippen MR) is 90.6 cm³/mol. The molecule has 0 atom stereocenters. The highest BCUT2D eigenvalue weighted by atomic mass is 16.1. The first-order valence-electron chi connectivity index (χ1n) is 7.76. The van der Waals surface area contributed by atoms with E-state index in [0.717, 1.165) is 11.3 Å². The van der Waals surface area contributed by atoms with E-state index in [2.05, 4.69) is 31.8 Å². The molecule has 8 heteroatoms. The molecule has 0 aromatic carbocycles. The summed E-state index contributed by atoms with van der Waals surface area (Å²) >= 11 is 0. The molecule has 1 fully saturated rings. The Labute approximate surface area is 138 Å². The average molecular weight is 323 g/mol. The van der Waals surface area contributed by atoms with Crippen LogP contribution in [0.5, 0.6) is 0 Å². The molecule has 0 aliphatic heterocycles. The van der Waals surface area contributed by atoms with E-state index in [1.165, 1.54) is 24.7 Å². The number of pyridine rings is 1. The molecule has 1 aliphatic carbocycles. The van der Waals surface area contributed by atoms with E-state index in [-0.39, 0.29) is 0 Å². The van der Waals surface area contributed by atoms with Crippen LogP contribution in [0.25, 0.3) is 5.65 Å². The molecular weight excluding hydrogens is 306 g/mol. The van der Waals surface area contributed by atoms with E-state index in [0.29, 0.717) is 36.2 Å². The second-order valence-corrected chi connectivity index (χ2v) is 5.87. The Hall–Kier alpha value is -3.16. The van der Waals surface area contributed by atoms with Crippen molar-refractivity contribution in [1.29, 1.82) is 0 Å². The van der Waals surface area contributed by atoms with Gasteiger partial charge in [0.1, 0.15) is 18.0 Å². The number of amides is 1. The second-order valence-electron chi connectivity index (χ2n) is 5.87. The van der Waals surface area contributed by atoms with Crippen molar-refractivity contribution in [3.8, 4) is 0 Å². The summed E-state index contributed by atoms with van der Waals surface area (Å²) in [5.41, 5.74) is 9.73. The number of nitrogens with two attached hydrogens (primary N) is 1. The van der Waals surface area contributed by atoms with Crippen LogP contribution < -0.4 is 16.4 Å². The van der Waals surface area contributed by atoms with E-state index >= 15 is 0 Å². The van der Waals surface area contributed by atoms with Crippen molar-refractivity contribution in [3.63, 3.8) is 0 Å². The van der Waals surface area contributed by atoms with E-state index < -0.39 is 0 Å². The van der Waals surface area contributed by atoms with Crippen molar-refractivity contribution >= 4 is 29.4 Å².